The van der Waals surface area contributed by atoms with Crippen LogP contribution in [0.3, 0.4) is 0 Å². The third kappa shape index (κ3) is 7.79. The molecule has 4 aromatic rings. The van der Waals surface area contributed by atoms with Crippen LogP contribution in [-0.2, 0) is 41.2 Å². The van der Waals surface area contributed by atoms with E-state index in [-0.39, 0.29) is 30.5 Å². The number of nitrogens with one attached hydrogen (secondary N) is 2. The Bertz CT molecular complexity index is 1640. The van der Waals surface area contributed by atoms with Crippen LogP contribution in [0, 0.1) is 0 Å². The average molecular weight is 663 g/mol. The van der Waals surface area contributed by atoms with Gasteiger partial charge in [-0.25, -0.2) is 9.89 Å². The number of H-pyrrole nitrogens is 1. The molecule has 13 heteroatoms. The molecule has 1 aromatic heterocycles. The van der Waals surface area contributed by atoms with Crippen molar-refractivity contribution in [1.29, 1.82) is 0 Å². The van der Waals surface area contributed by atoms with E-state index in [4.69, 9.17) is 4.74 Å². The summed E-state index contributed by atoms with van der Waals surface area (Å²) in [7, 11) is 0. The van der Waals surface area contributed by atoms with Crippen molar-refractivity contribution < 1.29 is 36.2 Å². The van der Waals surface area contributed by atoms with Gasteiger partial charge in [0.1, 0.15) is 6.33 Å². The molecule has 3 N–H and O–H groups in total. The van der Waals surface area contributed by atoms with Crippen LogP contribution < -0.4 is 11.0 Å². The van der Waals surface area contributed by atoms with Crippen LogP contribution in [0.2, 0.25) is 0 Å². The van der Waals surface area contributed by atoms with Crippen LogP contribution in [-0.4, -0.2) is 33.0 Å². The molecule has 7 nitrogen and oxygen atoms in total. The maximum absolute atomic E-state index is 13.5. The fourth-order valence-electron chi connectivity index (χ4n) is 6.39. The second-order valence-electron chi connectivity index (χ2n) is 12.3. The highest BCUT2D eigenvalue weighted by Crippen LogP contribution is 2.47. The standard InChI is InChI=1S/C34H36F6N4O3/c1-23(26-15-28(33(35,36)37)17-29(16-26)34(38,39)40)47-21-31(27-5-3-2-4-6-27)11-13-32(14-12-31,44-22-42-43-30(44)46)20-41-18-24-7-9-25(19-45)10-8-24/h2-10,15-17,22-23,41,45H,11-14,18-21H2,1H3,(H,43,46)/t23-,31?,32?/m1/s1. The zero-order valence-electron chi connectivity index (χ0n) is 25.7. The number of rotatable bonds is 11. The summed E-state index contributed by atoms with van der Waals surface area (Å²) in [6.45, 7) is 2.38. The number of ether oxygens (including phenoxy) is 1. The maximum atomic E-state index is 13.5. The van der Waals surface area contributed by atoms with Crippen molar-refractivity contribution in [3.05, 3.63) is 123 Å². The largest absolute Gasteiger partial charge is 0.416 e. The third-order valence-corrected chi connectivity index (χ3v) is 9.26. The van der Waals surface area contributed by atoms with Crippen molar-refractivity contribution in [2.75, 3.05) is 13.2 Å². The summed E-state index contributed by atoms with van der Waals surface area (Å²) in [4.78, 5) is 12.8. The van der Waals surface area contributed by atoms with Gasteiger partial charge in [0.2, 0.25) is 0 Å². The number of alkyl halides is 6. The molecule has 0 saturated heterocycles. The topological polar surface area (TPSA) is 92.2 Å². The number of halogens is 6. The highest BCUT2D eigenvalue weighted by atomic mass is 19.4. The predicted octanol–water partition coefficient (Wildman–Crippen LogP) is 6.88. The molecular weight excluding hydrogens is 626 g/mol. The van der Waals surface area contributed by atoms with Crippen molar-refractivity contribution in [3.63, 3.8) is 0 Å². The number of aromatic amines is 1. The van der Waals surface area contributed by atoms with Crippen LogP contribution in [0.1, 0.15) is 72.1 Å². The second kappa shape index (κ2) is 13.7. The van der Waals surface area contributed by atoms with E-state index in [0.717, 1.165) is 16.7 Å². The molecule has 47 heavy (non-hydrogen) atoms. The molecule has 0 bridgehead atoms. The van der Waals surface area contributed by atoms with Gasteiger partial charge >= 0.3 is 18.0 Å². The van der Waals surface area contributed by atoms with E-state index in [1.807, 2.05) is 54.6 Å². The summed E-state index contributed by atoms with van der Waals surface area (Å²) in [5, 5.41) is 19.2. The van der Waals surface area contributed by atoms with E-state index in [1.54, 1.807) is 4.57 Å². The van der Waals surface area contributed by atoms with Gasteiger partial charge in [-0.2, -0.15) is 31.4 Å². The van der Waals surface area contributed by atoms with Crippen LogP contribution in [0.4, 0.5) is 26.3 Å². The number of benzene rings is 3. The summed E-state index contributed by atoms with van der Waals surface area (Å²) in [6.07, 6.45) is -7.46. The molecule has 1 heterocycles. The zero-order valence-corrected chi connectivity index (χ0v) is 25.7. The lowest BCUT2D eigenvalue weighted by Gasteiger charge is -2.47. The van der Waals surface area contributed by atoms with Gasteiger partial charge in [0.15, 0.2) is 0 Å². The van der Waals surface area contributed by atoms with Crippen LogP contribution >= 0.6 is 0 Å². The minimum Gasteiger partial charge on any atom is -0.392 e. The Labute approximate surface area is 267 Å². The van der Waals surface area contributed by atoms with Gasteiger partial charge in [-0.3, -0.25) is 4.57 Å². The number of aromatic nitrogens is 3. The van der Waals surface area contributed by atoms with Crippen LogP contribution in [0.5, 0.6) is 0 Å². The van der Waals surface area contributed by atoms with Crippen molar-refractivity contribution in [2.45, 2.75) is 75.2 Å². The number of aliphatic hydroxyl groups is 1. The molecule has 252 valence electrons. The Hall–Kier alpha value is -3.94. The molecule has 0 unspecified atom stereocenters. The van der Waals surface area contributed by atoms with Gasteiger partial charge < -0.3 is 15.2 Å². The van der Waals surface area contributed by atoms with Gasteiger partial charge in [0.05, 0.1) is 36.0 Å². The summed E-state index contributed by atoms with van der Waals surface area (Å²) in [5.74, 6) is 0. The molecule has 1 aliphatic rings. The Morgan fingerprint density at radius 3 is 2.04 bits per heavy atom. The first-order valence-electron chi connectivity index (χ1n) is 15.2. The summed E-state index contributed by atoms with van der Waals surface area (Å²) in [6, 6.07) is 18.5. The maximum Gasteiger partial charge on any atom is 0.416 e. The fourth-order valence-corrected chi connectivity index (χ4v) is 6.39. The van der Waals surface area contributed by atoms with E-state index in [0.29, 0.717) is 50.9 Å². The monoisotopic (exact) mass is 662 g/mol. The summed E-state index contributed by atoms with van der Waals surface area (Å²) in [5.41, 5.74) is -1.93. The van der Waals surface area contributed by atoms with Gasteiger partial charge in [-0.05, 0) is 73.1 Å². The first-order chi connectivity index (χ1) is 22.2. The lowest BCUT2D eigenvalue weighted by molar-refractivity contribution is -0.143. The fraction of sp³-hybridized carbons (Fsp3) is 0.412. The Morgan fingerprint density at radius 1 is 0.915 bits per heavy atom. The van der Waals surface area contributed by atoms with E-state index in [1.165, 1.54) is 13.3 Å². The van der Waals surface area contributed by atoms with Gasteiger partial charge in [0.25, 0.3) is 0 Å². The zero-order chi connectivity index (χ0) is 33.9. The molecule has 3 aromatic carbocycles. The lowest BCUT2D eigenvalue weighted by Crippen LogP contribution is -2.52. The van der Waals surface area contributed by atoms with Crippen LogP contribution in [0.15, 0.2) is 83.9 Å². The summed E-state index contributed by atoms with van der Waals surface area (Å²) < 4.78 is 89.0. The lowest BCUT2D eigenvalue weighted by atomic mass is 9.64. The van der Waals surface area contributed by atoms with Crippen molar-refractivity contribution in [2.24, 2.45) is 0 Å². The molecule has 0 radical (unpaired) electrons. The van der Waals surface area contributed by atoms with E-state index >= 15 is 0 Å². The molecule has 1 atom stereocenters. The van der Waals surface area contributed by atoms with Gasteiger partial charge in [0, 0.05) is 18.5 Å². The Morgan fingerprint density at radius 2 is 1.51 bits per heavy atom. The SMILES string of the molecule is C[C@@H](OCC1(c2ccccc2)CCC(CNCc2ccc(CO)cc2)(n2cn[nH]c2=O)CC1)c1cc(C(F)(F)F)cc(C(F)(F)F)c1. The van der Waals surface area contributed by atoms with E-state index < -0.39 is 40.5 Å². The Balaban J connectivity index is 1.38. The number of nitrogens with zero attached hydrogens (tertiary/aromatic N) is 2. The molecule has 1 aliphatic carbocycles. The second-order valence-corrected chi connectivity index (χ2v) is 12.3. The smallest absolute Gasteiger partial charge is 0.392 e. The molecule has 1 saturated carbocycles. The molecule has 0 aliphatic heterocycles. The molecule has 0 amide bonds. The van der Waals surface area contributed by atoms with Crippen LogP contribution in [0.25, 0.3) is 0 Å². The molecule has 5 rings (SSSR count). The predicted molar refractivity (Wildman–Crippen MR) is 162 cm³/mol. The third-order valence-electron chi connectivity index (χ3n) is 9.26. The van der Waals surface area contributed by atoms with Gasteiger partial charge in [-0.15, -0.1) is 0 Å². The Kier molecular flexibility index (Phi) is 9.99. The first kappa shape index (κ1) is 34.4. The highest BCUT2D eigenvalue weighted by molar-refractivity contribution is 5.35. The minimum absolute atomic E-state index is 0.0385. The van der Waals surface area contributed by atoms with Gasteiger partial charge in [-0.1, -0.05) is 54.6 Å². The number of aliphatic hydroxyl groups excluding tert-OH is 1. The number of hydrogen-bond acceptors (Lipinski definition) is 5. The van der Waals surface area contributed by atoms with E-state index in [2.05, 4.69) is 15.5 Å². The highest BCUT2D eigenvalue weighted by Gasteiger charge is 2.46. The molecule has 0 spiro atoms. The average Bonchev–Trinajstić information content (AvgIpc) is 3.50. The summed E-state index contributed by atoms with van der Waals surface area (Å²) >= 11 is 0. The molecule has 1 fully saturated rings. The van der Waals surface area contributed by atoms with Crippen molar-refractivity contribution in [3.8, 4) is 0 Å². The minimum atomic E-state index is -4.96. The van der Waals surface area contributed by atoms with Crippen molar-refractivity contribution >= 4 is 0 Å². The quantitative estimate of drug-likeness (QED) is 0.153. The first-order valence-corrected chi connectivity index (χ1v) is 15.2. The van der Waals surface area contributed by atoms with E-state index in [9.17, 15) is 36.2 Å². The van der Waals surface area contributed by atoms with Crippen molar-refractivity contribution in [1.82, 2.24) is 20.1 Å². The normalized spacial score (nSPS) is 21.1. The molecular formula is C34H36F6N4O3. The number of hydrogen-bond donors (Lipinski definition) is 3.